The molecule has 4 rings (SSSR count). The zero-order valence-corrected chi connectivity index (χ0v) is 19.4. The summed E-state index contributed by atoms with van der Waals surface area (Å²) in [5.41, 5.74) is 1.24. The number of hydrogen-bond acceptors (Lipinski definition) is 5. The average Bonchev–Trinajstić information content (AvgIpc) is 3.35. The van der Waals surface area contributed by atoms with Crippen molar-refractivity contribution in [1.29, 1.82) is 0 Å². The summed E-state index contributed by atoms with van der Waals surface area (Å²) in [4.78, 5) is 26.8. The summed E-state index contributed by atoms with van der Waals surface area (Å²) in [5.74, 6) is 1.16. The Labute approximate surface area is 192 Å². The van der Waals surface area contributed by atoms with Crippen molar-refractivity contribution in [2.75, 3.05) is 83.6 Å². The van der Waals surface area contributed by atoms with Crippen molar-refractivity contribution in [3.8, 4) is 0 Å². The van der Waals surface area contributed by atoms with Crippen LogP contribution < -0.4 is 10.2 Å². The Balaban J connectivity index is 1.23. The van der Waals surface area contributed by atoms with Gasteiger partial charge in [0.25, 0.3) is 0 Å². The van der Waals surface area contributed by atoms with Gasteiger partial charge in [0.15, 0.2) is 5.96 Å². The lowest BCUT2D eigenvalue weighted by Crippen LogP contribution is -2.49. The summed E-state index contributed by atoms with van der Waals surface area (Å²) >= 11 is 0. The monoisotopic (exact) mass is 442 g/mol. The largest absolute Gasteiger partial charge is 0.379 e. The predicted octanol–water partition coefficient (Wildman–Crippen LogP) is 1.10. The quantitative estimate of drug-likeness (QED) is 0.526. The number of aliphatic imine (C=N–C) groups is 1. The number of amides is 1. The van der Waals surface area contributed by atoms with Crippen molar-refractivity contribution in [2.45, 2.75) is 25.8 Å². The Morgan fingerprint density at radius 3 is 2.50 bits per heavy atom. The van der Waals surface area contributed by atoms with Gasteiger partial charge >= 0.3 is 0 Å². The van der Waals surface area contributed by atoms with Crippen molar-refractivity contribution in [3.63, 3.8) is 0 Å². The van der Waals surface area contributed by atoms with Gasteiger partial charge in [0.1, 0.15) is 0 Å². The molecule has 3 fully saturated rings. The summed E-state index contributed by atoms with van der Waals surface area (Å²) < 4.78 is 5.50. The standard InChI is InChI=1S/C24H38N6O2/c1-2-25-24(30-11-9-22(20-30)28-16-18-32-19-17-28)26-10-8-23(31)29-14-12-27(13-15-29)21-6-4-3-5-7-21/h3-7,22H,2,8-20H2,1H3,(H,25,26). The molecule has 1 unspecified atom stereocenters. The van der Waals surface area contributed by atoms with Crippen LogP contribution in [0.4, 0.5) is 5.69 Å². The SMILES string of the molecule is CCNC(=NCCC(=O)N1CCN(c2ccccc2)CC1)N1CCC(N2CCOCC2)C1. The molecule has 0 radical (unpaired) electrons. The van der Waals surface area contributed by atoms with Crippen LogP contribution in [0.5, 0.6) is 0 Å². The van der Waals surface area contributed by atoms with Crippen LogP contribution in [-0.2, 0) is 9.53 Å². The van der Waals surface area contributed by atoms with Crippen molar-refractivity contribution in [2.24, 2.45) is 4.99 Å². The molecule has 8 nitrogen and oxygen atoms in total. The first-order valence-electron chi connectivity index (χ1n) is 12.2. The summed E-state index contributed by atoms with van der Waals surface area (Å²) in [6.07, 6.45) is 1.63. The highest BCUT2D eigenvalue weighted by Gasteiger charge is 2.30. The first kappa shape index (κ1) is 22.9. The van der Waals surface area contributed by atoms with E-state index in [0.717, 1.165) is 84.5 Å². The number of anilines is 1. The van der Waals surface area contributed by atoms with E-state index in [0.29, 0.717) is 19.0 Å². The van der Waals surface area contributed by atoms with E-state index in [2.05, 4.69) is 51.2 Å². The number of nitrogens with one attached hydrogen (secondary N) is 1. The van der Waals surface area contributed by atoms with Gasteiger partial charge < -0.3 is 24.8 Å². The van der Waals surface area contributed by atoms with Crippen LogP contribution in [0.15, 0.2) is 35.3 Å². The molecule has 0 aliphatic carbocycles. The van der Waals surface area contributed by atoms with Crippen LogP contribution in [0.25, 0.3) is 0 Å². The zero-order chi connectivity index (χ0) is 22.2. The molecule has 32 heavy (non-hydrogen) atoms. The van der Waals surface area contributed by atoms with Gasteiger partial charge in [0, 0.05) is 77.1 Å². The topological polar surface area (TPSA) is 63.7 Å². The lowest BCUT2D eigenvalue weighted by molar-refractivity contribution is -0.131. The van der Waals surface area contributed by atoms with Crippen LogP contribution in [0.3, 0.4) is 0 Å². The van der Waals surface area contributed by atoms with Gasteiger partial charge in [-0.25, -0.2) is 0 Å². The average molecular weight is 443 g/mol. The Morgan fingerprint density at radius 1 is 1.03 bits per heavy atom. The second kappa shape index (κ2) is 11.5. The van der Waals surface area contributed by atoms with Gasteiger partial charge in [-0.1, -0.05) is 18.2 Å². The lowest BCUT2D eigenvalue weighted by Gasteiger charge is -2.36. The first-order chi connectivity index (χ1) is 15.7. The molecule has 0 aromatic heterocycles. The molecule has 1 aromatic carbocycles. The van der Waals surface area contributed by atoms with Gasteiger partial charge in [-0.2, -0.15) is 0 Å². The molecule has 3 heterocycles. The van der Waals surface area contributed by atoms with E-state index in [9.17, 15) is 4.79 Å². The predicted molar refractivity (Wildman–Crippen MR) is 128 cm³/mol. The molecule has 176 valence electrons. The lowest BCUT2D eigenvalue weighted by atomic mass is 10.2. The number of piperazine rings is 1. The van der Waals surface area contributed by atoms with Gasteiger partial charge in [-0.05, 0) is 25.5 Å². The van der Waals surface area contributed by atoms with E-state index < -0.39 is 0 Å². The summed E-state index contributed by atoms with van der Waals surface area (Å²) in [6.45, 7) is 12.6. The number of rotatable bonds is 6. The first-order valence-corrected chi connectivity index (χ1v) is 12.2. The zero-order valence-electron chi connectivity index (χ0n) is 19.4. The molecule has 3 aliphatic rings. The Morgan fingerprint density at radius 2 is 1.78 bits per heavy atom. The second-order valence-corrected chi connectivity index (χ2v) is 8.73. The normalized spacial score (nSPS) is 23.0. The summed E-state index contributed by atoms with van der Waals surface area (Å²) in [6, 6.07) is 11.0. The molecule has 3 aliphatic heterocycles. The number of para-hydroxylation sites is 1. The number of carbonyl (C=O) groups is 1. The molecule has 1 N–H and O–H groups in total. The number of ether oxygens (including phenoxy) is 1. The maximum absolute atomic E-state index is 12.7. The van der Waals surface area contributed by atoms with Crippen molar-refractivity contribution < 1.29 is 9.53 Å². The van der Waals surface area contributed by atoms with Gasteiger partial charge in [-0.15, -0.1) is 0 Å². The highest BCUT2D eigenvalue weighted by atomic mass is 16.5. The molecule has 3 saturated heterocycles. The van der Waals surface area contributed by atoms with E-state index in [1.807, 2.05) is 11.0 Å². The second-order valence-electron chi connectivity index (χ2n) is 8.73. The molecule has 0 spiro atoms. The minimum atomic E-state index is 0.213. The van der Waals surface area contributed by atoms with E-state index in [1.165, 1.54) is 5.69 Å². The van der Waals surface area contributed by atoms with E-state index >= 15 is 0 Å². The van der Waals surface area contributed by atoms with E-state index in [-0.39, 0.29) is 5.91 Å². The molecule has 1 atom stereocenters. The third-order valence-corrected chi connectivity index (χ3v) is 6.70. The number of hydrogen-bond donors (Lipinski definition) is 1. The number of guanidine groups is 1. The summed E-state index contributed by atoms with van der Waals surface area (Å²) in [5, 5.41) is 3.43. The van der Waals surface area contributed by atoms with E-state index in [4.69, 9.17) is 9.73 Å². The molecule has 0 bridgehead atoms. The van der Waals surface area contributed by atoms with Crippen LogP contribution in [0.2, 0.25) is 0 Å². The number of likely N-dealkylation sites (tertiary alicyclic amines) is 1. The molecule has 0 saturated carbocycles. The molecular weight excluding hydrogens is 404 g/mol. The fraction of sp³-hybridized carbons (Fsp3) is 0.667. The maximum Gasteiger partial charge on any atom is 0.224 e. The van der Waals surface area contributed by atoms with Gasteiger partial charge in [-0.3, -0.25) is 14.7 Å². The van der Waals surface area contributed by atoms with Crippen LogP contribution in [0, 0.1) is 0 Å². The number of morpholine rings is 1. The third-order valence-electron chi connectivity index (χ3n) is 6.70. The van der Waals surface area contributed by atoms with Crippen LogP contribution >= 0.6 is 0 Å². The highest BCUT2D eigenvalue weighted by Crippen LogP contribution is 2.18. The van der Waals surface area contributed by atoms with Crippen LogP contribution in [0.1, 0.15) is 19.8 Å². The Hall–Kier alpha value is -2.32. The van der Waals surface area contributed by atoms with Crippen molar-refractivity contribution in [3.05, 3.63) is 30.3 Å². The highest BCUT2D eigenvalue weighted by molar-refractivity contribution is 5.81. The molecule has 1 aromatic rings. The summed E-state index contributed by atoms with van der Waals surface area (Å²) in [7, 11) is 0. The molecule has 8 heteroatoms. The minimum Gasteiger partial charge on any atom is -0.379 e. The van der Waals surface area contributed by atoms with Crippen LogP contribution in [-0.4, -0.2) is 111 Å². The van der Waals surface area contributed by atoms with Crippen molar-refractivity contribution >= 4 is 17.6 Å². The number of nitrogens with zero attached hydrogens (tertiary/aromatic N) is 5. The van der Waals surface area contributed by atoms with E-state index in [1.54, 1.807) is 0 Å². The fourth-order valence-corrected chi connectivity index (χ4v) is 4.87. The number of carbonyl (C=O) groups excluding carboxylic acids is 1. The Kier molecular flexibility index (Phi) is 8.23. The Bertz CT molecular complexity index is 744. The maximum atomic E-state index is 12.7. The molecular formula is C24H38N6O2. The van der Waals surface area contributed by atoms with Gasteiger partial charge in [0.2, 0.25) is 5.91 Å². The third kappa shape index (κ3) is 5.92. The molecule has 1 amide bonds. The number of benzene rings is 1. The minimum absolute atomic E-state index is 0.213. The van der Waals surface area contributed by atoms with Gasteiger partial charge in [0.05, 0.1) is 19.8 Å². The fourth-order valence-electron chi connectivity index (χ4n) is 4.87. The van der Waals surface area contributed by atoms with Crippen molar-refractivity contribution in [1.82, 2.24) is 20.0 Å². The smallest absolute Gasteiger partial charge is 0.224 e.